The second-order valence-electron chi connectivity index (χ2n) is 6.06. The molecule has 9 heteroatoms. The number of allylic oxidation sites excluding steroid dienone is 2. The molecule has 1 aromatic rings. The number of benzene rings is 1. The zero-order chi connectivity index (χ0) is 20.7. The average molecular weight is 407 g/mol. The molecule has 150 valence electrons. The molecule has 0 bridgehead atoms. The van der Waals surface area contributed by atoms with Crippen molar-refractivity contribution in [2.24, 2.45) is 0 Å². The van der Waals surface area contributed by atoms with Crippen LogP contribution in [0.25, 0.3) is 6.08 Å². The fraction of sp³-hybridized carbons (Fsp3) is 0.263. The Morgan fingerprint density at radius 3 is 2.54 bits per heavy atom. The van der Waals surface area contributed by atoms with E-state index in [2.05, 4.69) is 6.58 Å². The van der Waals surface area contributed by atoms with Gasteiger partial charge in [0.2, 0.25) is 5.91 Å². The van der Waals surface area contributed by atoms with Crippen LogP contribution in [0.5, 0.6) is 0 Å². The number of aliphatic hydroxyl groups is 1. The summed E-state index contributed by atoms with van der Waals surface area (Å²) < 4.78 is 35.8. The topological polar surface area (TPSA) is 121 Å². The molecule has 0 spiro atoms. The predicted octanol–water partition coefficient (Wildman–Crippen LogP) is 1.54. The molecular weight excluding hydrogens is 386 g/mol. The Labute approximate surface area is 163 Å². The van der Waals surface area contributed by atoms with Crippen molar-refractivity contribution < 1.29 is 32.4 Å². The zero-order valence-corrected chi connectivity index (χ0v) is 15.8. The van der Waals surface area contributed by atoms with Crippen molar-refractivity contribution in [1.29, 1.82) is 0 Å². The summed E-state index contributed by atoms with van der Waals surface area (Å²) in [6.45, 7) is 3.69. The highest BCUT2D eigenvalue weighted by atomic mass is 32.2. The minimum Gasteiger partial charge on any atom is -0.457 e. The predicted molar refractivity (Wildman–Crippen MR) is 101 cm³/mol. The summed E-state index contributed by atoms with van der Waals surface area (Å²) in [4.78, 5) is 24.4. The molecule has 1 amide bonds. The first kappa shape index (κ1) is 21.5. The molecule has 1 aromatic carbocycles. The van der Waals surface area contributed by atoms with Crippen LogP contribution in [0.3, 0.4) is 0 Å². The van der Waals surface area contributed by atoms with E-state index in [0.717, 1.165) is 0 Å². The Kier molecular flexibility index (Phi) is 7.27. The maximum absolute atomic E-state index is 11.8. The third-order valence-electron chi connectivity index (χ3n) is 3.97. The van der Waals surface area contributed by atoms with Crippen molar-refractivity contribution in [2.75, 3.05) is 13.2 Å². The number of hydrogen-bond acceptors (Lipinski definition) is 6. The van der Waals surface area contributed by atoms with Crippen LogP contribution in [0.1, 0.15) is 18.4 Å². The maximum atomic E-state index is 11.8. The number of rotatable bonds is 8. The molecule has 1 heterocycles. The fourth-order valence-electron chi connectivity index (χ4n) is 2.47. The van der Waals surface area contributed by atoms with Gasteiger partial charge in [0.05, 0.1) is 10.5 Å². The highest BCUT2D eigenvalue weighted by Gasteiger charge is 2.27. The van der Waals surface area contributed by atoms with Gasteiger partial charge in [-0.15, -0.1) is 0 Å². The quantitative estimate of drug-likeness (QED) is 0.290. The molecule has 1 fully saturated rings. The van der Waals surface area contributed by atoms with E-state index in [4.69, 9.17) is 9.29 Å². The van der Waals surface area contributed by atoms with Crippen LogP contribution in [0.2, 0.25) is 0 Å². The molecule has 28 heavy (non-hydrogen) atoms. The van der Waals surface area contributed by atoms with Gasteiger partial charge in [-0.2, -0.15) is 8.42 Å². The second-order valence-corrected chi connectivity index (χ2v) is 7.48. The highest BCUT2D eigenvalue weighted by molar-refractivity contribution is 7.85. The number of nitrogens with zero attached hydrogens (tertiary/aromatic N) is 1. The Morgan fingerprint density at radius 2 is 1.96 bits per heavy atom. The van der Waals surface area contributed by atoms with Crippen LogP contribution in [0.4, 0.5) is 0 Å². The first-order valence-corrected chi connectivity index (χ1v) is 9.88. The summed E-state index contributed by atoms with van der Waals surface area (Å²) >= 11 is 0. The molecule has 1 aliphatic heterocycles. The van der Waals surface area contributed by atoms with E-state index in [1.165, 1.54) is 35.2 Å². The first-order valence-electron chi connectivity index (χ1n) is 8.44. The summed E-state index contributed by atoms with van der Waals surface area (Å²) in [5.41, 5.74) is 0.745. The number of hydrogen-bond donors (Lipinski definition) is 2. The first-order chi connectivity index (χ1) is 13.2. The molecule has 0 aliphatic carbocycles. The Morgan fingerprint density at radius 1 is 1.29 bits per heavy atom. The van der Waals surface area contributed by atoms with Gasteiger partial charge in [0, 0.05) is 13.0 Å². The number of esters is 1. The lowest BCUT2D eigenvalue weighted by atomic mass is 10.2. The fourth-order valence-corrected chi connectivity index (χ4v) is 2.95. The van der Waals surface area contributed by atoms with Gasteiger partial charge in [-0.3, -0.25) is 9.35 Å². The van der Waals surface area contributed by atoms with Crippen LogP contribution in [0.15, 0.2) is 59.5 Å². The van der Waals surface area contributed by atoms with Gasteiger partial charge in [-0.05, 0) is 30.2 Å². The van der Waals surface area contributed by atoms with Gasteiger partial charge in [0.25, 0.3) is 10.1 Å². The lowest BCUT2D eigenvalue weighted by Crippen LogP contribution is -2.39. The molecule has 2 N–H and O–H groups in total. The minimum absolute atomic E-state index is 0.0614. The maximum Gasteiger partial charge on any atom is 0.337 e. The lowest BCUT2D eigenvalue weighted by Gasteiger charge is -2.22. The molecule has 2 rings (SSSR count). The monoisotopic (exact) mass is 407 g/mol. The number of carbonyl (C=O) groups is 2. The smallest absolute Gasteiger partial charge is 0.337 e. The van der Waals surface area contributed by atoms with E-state index in [0.29, 0.717) is 24.9 Å². The molecule has 1 atom stereocenters. The molecule has 8 nitrogen and oxygen atoms in total. The van der Waals surface area contributed by atoms with Crippen LogP contribution in [-0.4, -0.2) is 54.2 Å². The molecular formula is C19H21NO7S. The number of aliphatic hydroxyl groups excluding tert-OH is 1. The number of amides is 1. The summed E-state index contributed by atoms with van der Waals surface area (Å²) in [6.07, 6.45) is 6.11. The molecule has 1 aliphatic rings. The van der Waals surface area contributed by atoms with E-state index in [1.807, 2.05) is 0 Å². The van der Waals surface area contributed by atoms with Crippen molar-refractivity contribution >= 4 is 28.1 Å². The largest absolute Gasteiger partial charge is 0.457 e. The van der Waals surface area contributed by atoms with Gasteiger partial charge < -0.3 is 14.7 Å². The average Bonchev–Trinajstić information content (AvgIpc) is 3.08. The standard InChI is InChI=1S/C19H21NO7S/c1-14(19(23)27-13-18(22)20-12-4-7-17(20)21)5-2-3-6-15-8-10-16(11-9-15)28(24,25)26/h2-3,5-6,8-11,18,22H,1,4,7,12-13H2,(H,24,25,26). The molecule has 1 unspecified atom stereocenters. The number of ether oxygens (including phenoxy) is 1. The van der Waals surface area contributed by atoms with Crippen LogP contribution < -0.4 is 0 Å². The van der Waals surface area contributed by atoms with E-state index < -0.39 is 22.3 Å². The Hall–Kier alpha value is -2.75. The van der Waals surface area contributed by atoms with Crippen molar-refractivity contribution in [3.63, 3.8) is 0 Å². The Bertz CT molecular complexity index is 901. The lowest BCUT2D eigenvalue weighted by molar-refractivity contribution is -0.152. The van der Waals surface area contributed by atoms with Gasteiger partial charge in [-0.25, -0.2) is 4.79 Å². The van der Waals surface area contributed by atoms with E-state index in [1.54, 1.807) is 18.2 Å². The third-order valence-corrected chi connectivity index (χ3v) is 4.84. The summed E-state index contributed by atoms with van der Waals surface area (Å²) in [6, 6.07) is 5.56. The van der Waals surface area contributed by atoms with Crippen LogP contribution >= 0.6 is 0 Å². The van der Waals surface area contributed by atoms with E-state index in [-0.39, 0.29) is 23.0 Å². The summed E-state index contributed by atoms with van der Waals surface area (Å²) in [5, 5.41) is 9.88. The summed E-state index contributed by atoms with van der Waals surface area (Å²) in [5.74, 6) is -0.884. The molecule has 0 aromatic heterocycles. The van der Waals surface area contributed by atoms with Crippen molar-refractivity contribution in [3.05, 3.63) is 60.2 Å². The van der Waals surface area contributed by atoms with Gasteiger partial charge in [-0.1, -0.05) is 36.9 Å². The molecule has 1 saturated heterocycles. The number of carbonyl (C=O) groups excluding carboxylic acids is 2. The Balaban J connectivity index is 1.81. The SMILES string of the molecule is C=C(C=CC=Cc1ccc(S(=O)(=O)O)cc1)C(=O)OCC(O)N1CCCC1=O. The van der Waals surface area contributed by atoms with Crippen LogP contribution in [-0.2, 0) is 24.4 Å². The number of likely N-dealkylation sites (tertiary alicyclic amines) is 1. The molecule has 0 radical (unpaired) electrons. The van der Waals surface area contributed by atoms with Gasteiger partial charge in [0.1, 0.15) is 6.61 Å². The molecule has 0 saturated carbocycles. The van der Waals surface area contributed by atoms with Gasteiger partial charge >= 0.3 is 5.97 Å². The van der Waals surface area contributed by atoms with E-state index in [9.17, 15) is 23.1 Å². The second kappa shape index (κ2) is 9.45. The third kappa shape index (κ3) is 6.15. The normalized spacial score (nSPS) is 16.1. The van der Waals surface area contributed by atoms with Crippen LogP contribution in [0, 0.1) is 0 Å². The highest BCUT2D eigenvalue weighted by Crippen LogP contribution is 2.13. The van der Waals surface area contributed by atoms with Gasteiger partial charge in [0.15, 0.2) is 6.23 Å². The van der Waals surface area contributed by atoms with Crippen molar-refractivity contribution in [1.82, 2.24) is 4.90 Å². The minimum atomic E-state index is -4.23. The van der Waals surface area contributed by atoms with E-state index >= 15 is 0 Å². The summed E-state index contributed by atoms with van der Waals surface area (Å²) in [7, 11) is -4.23. The van der Waals surface area contributed by atoms with Crippen molar-refractivity contribution in [3.8, 4) is 0 Å². The zero-order valence-electron chi connectivity index (χ0n) is 15.0. The van der Waals surface area contributed by atoms with Crippen molar-refractivity contribution in [2.45, 2.75) is 24.0 Å².